The van der Waals surface area contributed by atoms with Crippen molar-refractivity contribution in [3.8, 4) is 6.07 Å². The first-order valence-corrected chi connectivity index (χ1v) is 5.83. The predicted octanol–water partition coefficient (Wildman–Crippen LogP) is 0.520. The van der Waals surface area contributed by atoms with Crippen LogP contribution in [0.5, 0.6) is 0 Å². The van der Waals surface area contributed by atoms with Crippen LogP contribution < -0.4 is 4.72 Å². The lowest BCUT2D eigenvalue weighted by molar-refractivity contribution is 0.592. The SMILES string of the molecule is CCC(C#N)S(=O)(=O)Nc1cccnn1. The molecule has 1 aromatic heterocycles. The van der Waals surface area contributed by atoms with Crippen LogP contribution in [0.25, 0.3) is 0 Å². The van der Waals surface area contributed by atoms with Crippen LogP contribution >= 0.6 is 0 Å². The summed E-state index contributed by atoms with van der Waals surface area (Å²) in [4.78, 5) is 0. The van der Waals surface area contributed by atoms with Gasteiger partial charge in [0.05, 0.1) is 6.07 Å². The van der Waals surface area contributed by atoms with E-state index >= 15 is 0 Å². The van der Waals surface area contributed by atoms with Gasteiger partial charge in [-0.15, -0.1) is 5.10 Å². The van der Waals surface area contributed by atoms with Crippen LogP contribution in [-0.2, 0) is 10.0 Å². The first-order chi connectivity index (χ1) is 7.10. The normalized spacial score (nSPS) is 12.8. The topological polar surface area (TPSA) is 95.7 Å². The maximum atomic E-state index is 11.6. The highest BCUT2D eigenvalue weighted by Crippen LogP contribution is 2.09. The van der Waals surface area contributed by atoms with Crippen LogP contribution in [0, 0.1) is 11.3 Å². The molecule has 0 aliphatic rings. The second-order valence-corrected chi connectivity index (χ2v) is 4.65. The molecule has 6 nitrogen and oxygen atoms in total. The third-order valence-electron chi connectivity index (χ3n) is 1.71. The minimum absolute atomic E-state index is 0.117. The highest BCUT2D eigenvalue weighted by molar-refractivity contribution is 7.93. The number of nitrogens with zero attached hydrogens (tertiary/aromatic N) is 3. The summed E-state index contributed by atoms with van der Waals surface area (Å²) in [7, 11) is -3.69. The number of rotatable bonds is 4. The third-order valence-corrected chi connectivity index (χ3v) is 3.39. The van der Waals surface area contributed by atoms with Gasteiger partial charge in [-0.3, -0.25) is 4.72 Å². The van der Waals surface area contributed by atoms with E-state index in [1.165, 1.54) is 12.3 Å². The highest BCUT2D eigenvalue weighted by Gasteiger charge is 2.23. The third kappa shape index (κ3) is 2.89. The molecule has 0 aromatic carbocycles. The smallest absolute Gasteiger partial charge is 0.250 e. The standard InChI is InChI=1S/C8H10N4O2S/c1-2-7(6-9)15(13,14)12-8-4-3-5-10-11-8/h3-5,7H,2H2,1H3,(H,11,12). The monoisotopic (exact) mass is 226 g/mol. The number of anilines is 1. The second kappa shape index (κ2) is 4.70. The van der Waals surface area contributed by atoms with Crippen molar-refractivity contribution in [3.63, 3.8) is 0 Å². The number of hydrogen-bond acceptors (Lipinski definition) is 5. The van der Waals surface area contributed by atoms with Crippen LogP contribution in [0.15, 0.2) is 18.3 Å². The lowest BCUT2D eigenvalue weighted by atomic mass is 10.4. The summed E-state index contributed by atoms with van der Waals surface area (Å²) in [6, 6.07) is 4.73. The minimum Gasteiger partial charge on any atom is -0.265 e. The van der Waals surface area contributed by atoms with E-state index in [1.807, 2.05) is 0 Å². The van der Waals surface area contributed by atoms with Crippen LogP contribution in [-0.4, -0.2) is 23.9 Å². The zero-order valence-corrected chi connectivity index (χ0v) is 8.90. The molecule has 0 aliphatic heterocycles. The van der Waals surface area contributed by atoms with Crippen molar-refractivity contribution >= 4 is 15.8 Å². The van der Waals surface area contributed by atoms with Crippen molar-refractivity contribution in [2.24, 2.45) is 0 Å². The fraction of sp³-hybridized carbons (Fsp3) is 0.375. The second-order valence-electron chi connectivity index (χ2n) is 2.78. The van der Waals surface area contributed by atoms with Crippen molar-refractivity contribution in [1.82, 2.24) is 10.2 Å². The molecule has 0 aliphatic carbocycles. The molecule has 1 heterocycles. The molecule has 0 radical (unpaired) electrons. The molecule has 1 atom stereocenters. The first-order valence-electron chi connectivity index (χ1n) is 4.29. The molecule has 80 valence electrons. The lowest BCUT2D eigenvalue weighted by Crippen LogP contribution is -2.26. The number of hydrogen-bond donors (Lipinski definition) is 1. The summed E-state index contributed by atoms with van der Waals surface area (Å²) in [5, 5.41) is 14.6. The average Bonchev–Trinajstić information content (AvgIpc) is 2.19. The van der Waals surface area contributed by atoms with Gasteiger partial charge in [-0.05, 0) is 18.6 Å². The van der Waals surface area contributed by atoms with Gasteiger partial charge >= 0.3 is 0 Å². The maximum absolute atomic E-state index is 11.6. The van der Waals surface area contributed by atoms with Gasteiger partial charge in [0.2, 0.25) is 10.0 Å². The van der Waals surface area contributed by atoms with E-state index in [0.717, 1.165) is 0 Å². The summed E-state index contributed by atoms with van der Waals surface area (Å²) in [6.45, 7) is 1.63. The molecular weight excluding hydrogens is 216 g/mol. The number of sulfonamides is 1. The average molecular weight is 226 g/mol. The molecule has 0 spiro atoms. The van der Waals surface area contributed by atoms with E-state index in [2.05, 4.69) is 14.9 Å². The van der Waals surface area contributed by atoms with E-state index in [4.69, 9.17) is 5.26 Å². The Morgan fingerprint density at radius 2 is 2.40 bits per heavy atom. The molecule has 1 N–H and O–H groups in total. The van der Waals surface area contributed by atoms with Crippen molar-refractivity contribution in [2.75, 3.05) is 4.72 Å². The Kier molecular flexibility index (Phi) is 3.57. The molecule has 0 saturated carbocycles. The zero-order valence-electron chi connectivity index (χ0n) is 8.08. The molecule has 0 bridgehead atoms. The summed E-state index contributed by atoms with van der Waals surface area (Å²) in [5.41, 5.74) is 0. The quantitative estimate of drug-likeness (QED) is 0.807. The molecule has 0 amide bonds. The first kappa shape index (κ1) is 11.4. The molecule has 1 unspecified atom stereocenters. The van der Waals surface area contributed by atoms with Crippen molar-refractivity contribution < 1.29 is 8.42 Å². The molecule has 7 heteroatoms. The molecule has 0 saturated heterocycles. The van der Waals surface area contributed by atoms with Crippen molar-refractivity contribution in [1.29, 1.82) is 5.26 Å². The van der Waals surface area contributed by atoms with E-state index in [0.29, 0.717) is 0 Å². The number of aromatic nitrogens is 2. The van der Waals surface area contributed by atoms with Gasteiger partial charge in [-0.25, -0.2) is 8.42 Å². The molecule has 1 aromatic rings. The highest BCUT2D eigenvalue weighted by atomic mass is 32.2. The Morgan fingerprint density at radius 3 is 2.87 bits per heavy atom. The number of nitriles is 1. The van der Waals surface area contributed by atoms with Crippen molar-refractivity contribution in [2.45, 2.75) is 18.6 Å². The van der Waals surface area contributed by atoms with Crippen LogP contribution in [0.1, 0.15) is 13.3 Å². The summed E-state index contributed by atoms with van der Waals surface area (Å²) >= 11 is 0. The Labute approximate surface area is 88.0 Å². The lowest BCUT2D eigenvalue weighted by Gasteiger charge is -2.09. The van der Waals surface area contributed by atoms with Gasteiger partial charge in [-0.1, -0.05) is 6.92 Å². The largest absolute Gasteiger partial charge is 0.265 e. The summed E-state index contributed by atoms with van der Waals surface area (Å²) in [5.74, 6) is 0.117. The van der Waals surface area contributed by atoms with Crippen LogP contribution in [0.2, 0.25) is 0 Å². The molecule has 15 heavy (non-hydrogen) atoms. The van der Waals surface area contributed by atoms with Crippen molar-refractivity contribution in [3.05, 3.63) is 18.3 Å². The van der Waals surface area contributed by atoms with Gasteiger partial charge in [0.1, 0.15) is 0 Å². The molecular formula is C8H10N4O2S. The van der Waals surface area contributed by atoms with E-state index in [9.17, 15) is 8.42 Å². The molecule has 1 rings (SSSR count). The van der Waals surface area contributed by atoms with Gasteiger partial charge in [0.25, 0.3) is 0 Å². The van der Waals surface area contributed by atoms with E-state index in [1.54, 1.807) is 19.1 Å². The summed E-state index contributed by atoms with van der Waals surface area (Å²) < 4.78 is 25.3. The van der Waals surface area contributed by atoms with Gasteiger partial charge in [0.15, 0.2) is 11.1 Å². The zero-order chi connectivity index (χ0) is 11.3. The Balaban J connectivity index is 2.87. The van der Waals surface area contributed by atoms with Gasteiger partial charge in [-0.2, -0.15) is 10.4 Å². The van der Waals surface area contributed by atoms with Crippen LogP contribution in [0.4, 0.5) is 5.82 Å². The number of nitrogens with one attached hydrogen (secondary N) is 1. The Hall–Kier alpha value is -1.68. The fourth-order valence-corrected chi connectivity index (χ4v) is 2.07. The maximum Gasteiger partial charge on any atom is 0.250 e. The fourth-order valence-electron chi connectivity index (χ4n) is 0.953. The van der Waals surface area contributed by atoms with E-state index < -0.39 is 15.3 Å². The van der Waals surface area contributed by atoms with Gasteiger partial charge < -0.3 is 0 Å². The van der Waals surface area contributed by atoms with Gasteiger partial charge in [0, 0.05) is 6.20 Å². The summed E-state index contributed by atoms with van der Waals surface area (Å²) in [6.07, 6.45) is 1.66. The predicted molar refractivity (Wildman–Crippen MR) is 54.3 cm³/mol. The molecule has 0 fully saturated rings. The van der Waals surface area contributed by atoms with E-state index in [-0.39, 0.29) is 12.2 Å². The van der Waals surface area contributed by atoms with Crippen LogP contribution in [0.3, 0.4) is 0 Å². The minimum atomic E-state index is -3.69. The Morgan fingerprint density at radius 1 is 1.67 bits per heavy atom. The Bertz CT molecular complexity index is 451.